The van der Waals surface area contributed by atoms with Gasteiger partial charge in [0.15, 0.2) is 0 Å². The third-order valence-corrected chi connectivity index (χ3v) is 4.61. The van der Waals surface area contributed by atoms with Crippen LogP contribution in [-0.4, -0.2) is 0 Å². The zero-order chi connectivity index (χ0) is 10.3. The molecule has 0 aliphatic carbocycles. The minimum absolute atomic E-state index is 1.30. The Hall–Kier alpha value is 0.160. The van der Waals surface area contributed by atoms with Crippen molar-refractivity contribution in [1.82, 2.24) is 0 Å². The van der Waals surface area contributed by atoms with Gasteiger partial charge in [0.25, 0.3) is 0 Å². The molecule has 0 radical (unpaired) electrons. The summed E-state index contributed by atoms with van der Waals surface area (Å²) in [6.07, 6.45) is 0. The van der Waals surface area contributed by atoms with Gasteiger partial charge in [-0.1, -0.05) is 12.1 Å². The molecular weight excluding hydrogens is 398 g/mol. The fourth-order valence-corrected chi connectivity index (χ4v) is 2.94. The summed E-state index contributed by atoms with van der Waals surface area (Å²) >= 11 is 4.80. The van der Waals surface area contributed by atoms with E-state index in [0.29, 0.717) is 0 Å². The van der Waals surface area contributed by atoms with Gasteiger partial charge in [0.1, 0.15) is 0 Å². The summed E-state index contributed by atoms with van der Waals surface area (Å²) in [5.74, 6) is 0. The average molecular weight is 408 g/mol. The molecule has 0 aliphatic heterocycles. The zero-order valence-electron chi connectivity index (χ0n) is 8.07. The highest BCUT2D eigenvalue weighted by molar-refractivity contribution is 14.1. The van der Waals surface area contributed by atoms with E-state index < -0.39 is 0 Å². The first-order chi connectivity index (χ1) is 6.59. The fraction of sp³-hybridized carbons (Fsp3) is 0.167. The van der Waals surface area contributed by atoms with Crippen molar-refractivity contribution in [3.05, 3.63) is 42.5 Å². The SMILES string of the molecule is Cc1cc2ccc(I)cc2c(I)c1C. The summed E-state index contributed by atoms with van der Waals surface area (Å²) < 4.78 is 2.69. The summed E-state index contributed by atoms with van der Waals surface area (Å²) in [5.41, 5.74) is 2.78. The Bertz CT molecular complexity index is 501. The Morgan fingerprint density at radius 2 is 1.71 bits per heavy atom. The predicted molar refractivity (Wildman–Crippen MR) is 78.9 cm³/mol. The smallest absolute Gasteiger partial charge is 0.0241 e. The number of hydrogen-bond donors (Lipinski definition) is 0. The molecule has 72 valence electrons. The number of benzene rings is 2. The van der Waals surface area contributed by atoms with Crippen LogP contribution in [0.4, 0.5) is 0 Å². The molecule has 2 aromatic carbocycles. The summed E-state index contributed by atoms with van der Waals surface area (Å²) in [7, 11) is 0. The van der Waals surface area contributed by atoms with Gasteiger partial charge in [-0.15, -0.1) is 0 Å². The quantitative estimate of drug-likeness (QED) is 0.557. The molecule has 0 aromatic heterocycles. The molecule has 0 aliphatic rings. The van der Waals surface area contributed by atoms with Crippen LogP contribution in [0.2, 0.25) is 0 Å². The molecule has 0 saturated carbocycles. The molecule has 0 saturated heterocycles. The van der Waals surface area contributed by atoms with E-state index in [2.05, 4.69) is 83.3 Å². The van der Waals surface area contributed by atoms with E-state index in [1.165, 1.54) is 29.0 Å². The highest BCUT2D eigenvalue weighted by atomic mass is 127. The molecular formula is C12H10I2. The Kier molecular flexibility index (Phi) is 3.02. The van der Waals surface area contributed by atoms with Gasteiger partial charge in [0, 0.05) is 7.14 Å². The minimum Gasteiger partial charge on any atom is -0.0533 e. The van der Waals surface area contributed by atoms with Gasteiger partial charge in [-0.25, -0.2) is 0 Å². The van der Waals surface area contributed by atoms with E-state index in [1.54, 1.807) is 0 Å². The lowest BCUT2D eigenvalue weighted by molar-refractivity contribution is 1.34. The van der Waals surface area contributed by atoms with Crippen molar-refractivity contribution in [1.29, 1.82) is 0 Å². The second-order valence-electron chi connectivity index (χ2n) is 3.50. The molecule has 0 bridgehead atoms. The first-order valence-electron chi connectivity index (χ1n) is 4.44. The largest absolute Gasteiger partial charge is 0.0533 e. The number of hydrogen-bond acceptors (Lipinski definition) is 0. The Balaban J connectivity index is 2.92. The van der Waals surface area contributed by atoms with Crippen molar-refractivity contribution >= 4 is 56.0 Å². The summed E-state index contributed by atoms with van der Waals surface area (Å²) in [6, 6.07) is 8.88. The van der Waals surface area contributed by atoms with Crippen LogP contribution in [-0.2, 0) is 0 Å². The van der Waals surface area contributed by atoms with Gasteiger partial charge >= 0.3 is 0 Å². The normalized spacial score (nSPS) is 10.9. The van der Waals surface area contributed by atoms with Crippen LogP contribution in [0.25, 0.3) is 10.8 Å². The molecule has 0 heterocycles. The molecule has 0 fully saturated rings. The van der Waals surface area contributed by atoms with Crippen molar-refractivity contribution in [2.24, 2.45) is 0 Å². The lowest BCUT2D eigenvalue weighted by Crippen LogP contribution is -1.88. The van der Waals surface area contributed by atoms with Gasteiger partial charge < -0.3 is 0 Å². The lowest BCUT2D eigenvalue weighted by Gasteiger charge is -2.08. The molecule has 0 N–H and O–H groups in total. The fourth-order valence-electron chi connectivity index (χ4n) is 1.56. The predicted octanol–water partition coefficient (Wildman–Crippen LogP) is 4.67. The van der Waals surface area contributed by atoms with Crippen LogP contribution in [0, 0.1) is 21.0 Å². The number of aryl methyl sites for hydroxylation is 1. The highest BCUT2D eigenvalue weighted by Gasteiger charge is 2.05. The Labute approximate surface area is 111 Å². The minimum atomic E-state index is 1.30. The van der Waals surface area contributed by atoms with Crippen LogP contribution in [0.15, 0.2) is 24.3 Å². The summed E-state index contributed by atoms with van der Waals surface area (Å²) in [6.45, 7) is 4.37. The second-order valence-corrected chi connectivity index (χ2v) is 5.82. The van der Waals surface area contributed by atoms with Crippen LogP contribution in [0.1, 0.15) is 11.1 Å². The lowest BCUT2D eigenvalue weighted by atomic mass is 10.0. The van der Waals surface area contributed by atoms with Crippen molar-refractivity contribution in [2.75, 3.05) is 0 Å². The molecule has 2 heteroatoms. The third-order valence-electron chi connectivity index (χ3n) is 2.54. The van der Waals surface area contributed by atoms with Gasteiger partial charge in [0.2, 0.25) is 0 Å². The van der Waals surface area contributed by atoms with Gasteiger partial charge in [-0.05, 0) is 93.1 Å². The van der Waals surface area contributed by atoms with Crippen LogP contribution in [0.3, 0.4) is 0 Å². The molecule has 0 spiro atoms. The second kappa shape index (κ2) is 3.96. The standard InChI is InChI=1S/C12H10I2/c1-7-5-9-3-4-10(13)6-11(9)12(14)8(7)2/h3-6H,1-2H3. The van der Waals surface area contributed by atoms with E-state index in [9.17, 15) is 0 Å². The summed E-state index contributed by atoms with van der Waals surface area (Å²) in [5, 5.41) is 2.72. The third kappa shape index (κ3) is 1.78. The van der Waals surface area contributed by atoms with E-state index in [-0.39, 0.29) is 0 Å². The van der Waals surface area contributed by atoms with E-state index >= 15 is 0 Å². The maximum Gasteiger partial charge on any atom is 0.0241 e. The number of fused-ring (bicyclic) bond motifs is 1. The highest BCUT2D eigenvalue weighted by Crippen LogP contribution is 2.27. The molecule has 0 atom stereocenters. The Morgan fingerprint density at radius 3 is 2.43 bits per heavy atom. The molecule has 0 nitrogen and oxygen atoms in total. The van der Waals surface area contributed by atoms with Gasteiger partial charge in [0.05, 0.1) is 0 Å². The first kappa shape index (κ1) is 10.7. The van der Waals surface area contributed by atoms with Crippen LogP contribution in [0.5, 0.6) is 0 Å². The van der Waals surface area contributed by atoms with Crippen LogP contribution >= 0.6 is 45.2 Å². The monoisotopic (exact) mass is 408 g/mol. The van der Waals surface area contributed by atoms with Gasteiger partial charge in [-0.2, -0.15) is 0 Å². The zero-order valence-corrected chi connectivity index (χ0v) is 12.4. The molecule has 2 rings (SSSR count). The van der Waals surface area contributed by atoms with E-state index in [4.69, 9.17) is 0 Å². The molecule has 2 aromatic rings. The maximum atomic E-state index is 2.44. The van der Waals surface area contributed by atoms with Crippen molar-refractivity contribution < 1.29 is 0 Å². The van der Waals surface area contributed by atoms with E-state index in [0.717, 1.165) is 0 Å². The van der Waals surface area contributed by atoms with Crippen molar-refractivity contribution in [3.8, 4) is 0 Å². The summed E-state index contributed by atoms with van der Waals surface area (Å²) in [4.78, 5) is 0. The average Bonchev–Trinajstić information content (AvgIpc) is 2.16. The Morgan fingerprint density at radius 1 is 1.00 bits per heavy atom. The topological polar surface area (TPSA) is 0 Å². The number of rotatable bonds is 0. The van der Waals surface area contributed by atoms with Crippen molar-refractivity contribution in [3.63, 3.8) is 0 Å². The van der Waals surface area contributed by atoms with Crippen LogP contribution < -0.4 is 0 Å². The molecule has 0 unspecified atom stereocenters. The first-order valence-corrected chi connectivity index (χ1v) is 6.60. The molecule has 14 heavy (non-hydrogen) atoms. The molecule has 0 amide bonds. The van der Waals surface area contributed by atoms with E-state index in [1.807, 2.05) is 0 Å². The van der Waals surface area contributed by atoms with Crippen molar-refractivity contribution in [2.45, 2.75) is 13.8 Å². The number of halogens is 2. The maximum absolute atomic E-state index is 2.44. The van der Waals surface area contributed by atoms with Gasteiger partial charge in [-0.3, -0.25) is 0 Å².